The minimum Gasteiger partial charge on any atom is -0.497 e. The summed E-state index contributed by atoms with van der Waals surface area (Å²) < 4.78 is 8.51. The van der Waals surface area contributed by atoms with Gasteiger partial charge in [-0.05, 0) is 29.5 Å². The Morgan fingerprint density at radius 3 is 2.92 bits per heavy atom. The average molecular weight is 327 g/mol. The van der Waals surface area contributed by atoms with Gasteiger partial charge in [-0.3, -0.25) is 9.48 Å². The third-order valence-electron chi connectivity index (χ3n) is 3.48. The second-order valence-corrected chi connectivity index (χ2v) is 5.26. The Labute approximate surface area is 138 Å². The first-order valence-corrected chi connectivity index (χ1v) is 7.37. The standard InChI is InChI=1S/C15H17N7O2/c1-11(21-5-3-4-17-21)6-15(23)18-12-7-13(9-14(8-12)24-2)22-10-16-19-20-22/h3-5,7-11H,6H2,1-2H3,(H,18,23). The van der Waals surface area contributed by atoms with Crippen molar-refractivity contribution in [2.75, 3.05) is 12.4 Å². The second-order valence-electron chi connectivity index (χ2n) is 5.26. The number of aromatic nitrogens is 6. The zero-order valence-electron chi connectivity index (χ0n) is 13.3. The summed E-state index contributed by atoms with van der Waals surface area (Å²) in [6.45, 7) is 1.94. The lowest BCUT2D eigenvalue weighted by Crippen LogP contribution is -2.18. The molecule has 3 aromatic rings. The number of carbonyl (C=O) groups is 1. The lowest BCUT2D eigenvalue weighted by molar-refractivity contribution is -0.116. The normalized spacial score (nSPS) is 11.9. The molecule has 9 heteroatoms. The number of rotatable bonds is 6. The number of nitrogens with one attached hydrogen (secondary N) is 1. The number of hydrogen-bond acceptors (Lipinski definition) is 6. The van der Waals surface area contributed by atoms with Crippen molar-refractivity contribution in [2.45, 2.75) is 19.4 Å². The van der Waals surface area contributed by atoms with Crippen LogP contribution in [0.2, 0.25) is 0 Å². The topological polar surface area (TPSA) is 99.8 Å². The lowest BCUT2D eigenvalue weighted by Gasteiger charge is -2.13. The predicted octanol–water partition coefficient (Wildman–Crippen LogP) is 1.46. The summed E-state index contributed by atoms with van der Waals surface area (Å²) in [5.74, 6) is 0.479. The Bertz CT molecular complexity index is 799. The second kappa shape index (κ2) is 6.90. The quantitative estimate of drug-likeness (QED) is 0.735. The minimum atomic E-state index is -0.117. The molecule has 0 aliphatic rings. The van der Waals surface area contributed by atoms with E-state index in [1.54, 1.807) is 36.2 Å². The van der Waals surface area contributed by atoms with Crippen LogP contribution in [0.25, 0.3) is 5.69 Å². The van der Waals surface area contributed by atoms with Crippen LogP contribution in [0.15, 0.2) is 43.0 Å². The Morgan fingerprint density at radius 1 is 1.38 bits per heavy atom. The Balaban J connectivity index is 1.74. The molecule has 0 saturated heterocycles. The van der Waals surface area contributed by atoms with Crippen LogP contribution < -0.4 is 10.1 Å². The fourth-order valence-corrected chi connectivity index (χ4v) is 2.30. The van der Waals surface area contributed by atoms with E-state index in [0.29, 0.717) is 23.5 Å². The summed E-state index contributed by atoms with van der Waals surface area (Å²) >= 11 is 0. The van der Waals surface area contributed by atoms with E-state index in [4.69, 9.17) is 4.74 Å². The number of anilines is 1. The molecule has 0 bridgehead atoms. The molecule has 0 radical (unpaired) electrons. The van der Waals surface area contributed by atoms with E-state index < -0.39 is 0 Å². The van der Waals surface area contributed by atoms with E-state index in [1.165, 1.54) is 11.0 Å². The summed E-state index contributed by atoms with van der Waals surface area (Å²) in [5.41, 5.74) is 1.30. The van der Waals surface area contributed by atoms with Gasteiger partial charge in [0, 0.05) is 36.6 Å². The number of tetrazole rings is 1. The third-order valence-corrected chi connectivity index (χ3v) is 3.48. The van der Waals surface area contributed by atoms with Crippen molar-refractivity contribution < 1.29 is 9.53 Å². The molecule has 1 aromatic carbocycles. The van der Waals surface area contributed by atoms with Crippen LogP contribution in [0.1, 0.15) is 19.4 Å². The van der Waals surface area contributed by atoms with Crippen molar-refractivity contribution in [3.63, 3.8) is 0 Å². The number of benzene rings is 1. The molecule has 1 amide bonds. The first-order valence-electron chi connectivity index (χ1n) is 7.37. The van der Waals surface area contributed by atoms with Crippen LogP contribution in [0.4, 0.5) is 5.69 Å². The van der Waals surface area contributed by atoms with Crippen LogP contribution in [-0.2, 0) is 4.79 Å². The first kappa shape index (κ1) is 15.7. The van der Waals surface area contributed by atoms with E-state index in [-0.39, 0.29) is 11.9 Å². The largest absolute Gasteiger partial charge is 0.497 e. The Hall–Kier alpha value is -3.23. The number of methoxy groups -OCH3 is 1. The van der Waals surface area contributed by atoms with Gasteiger partial charge in [-0.1, -0.05) is 0 Å². The van der Waals surface area contributed by atoms with Crippen LogP contribution >= 0.6 is 0 Å². The lowest BCUT2D eigenvalue weighted by atomic mass is 10.2. The summed E-state index contributed by atoms with van der Waals surface area (Å²) in [6.07, 6.45) is 5.30. The van der Waals surface area contributed by atoms with E-state index in [9.17, 15) is 4.79 Å². The van der Waals surface area contributed by atoms with Gasteiger partial charge < -0.3 is 10.1 Å². The van der Waals surface area contributed by atoms with Crippen molar-refractivity contribution in [3.8, 4) is 11.4 Å². The van der Waals surface area contributed by atoms with Gasteiger partial charge in [-0.25, -0.2) is 4.68 Å². The molecule has 0 saturated carbocycles. The van der Waals surface area contributed by atoms with Crippen molar-refractivity contribution in [2.24, 2.45) is 0 Å². The van der Waals surface area contributed by atoms with Gasteiger partial charge in [0.2, 0.25) is 5.91 Å². The van der Waals surface area contributed by atoms with Crippen LogP contribution in [0, 0.1) is 0 Å². The Morgan fingerprint density at radius 2 is 2.25 bits per heavy atom. The highest BCUT2D eigenvalue weighted by Crippen LogP contribution is 2.23. The first-order chi connectivity index (χ1) is 11.7. The SMILES string of the molecule is COc1cc(NC(=O)CC(C)n2cccn2)cc(-n2cnnn2)c1. The predicted molar refractivity (Wildman–Crippen MR) is 85.9 cm³/mol. The molecule has 0 spiro atoms. The maximum absolute atomic E-state index is 12.3. The molecule has 0 aliphatic heterocycles. The third kappa shape index (κ3) is 3.57. The van der Waals surface area contributed by atoms with Crippen molar-refractivity contribution >= 4 is 11.6 Å². The summed E-state index contributed by atoms with van der Waals surface area (Å²) in [5, 5.41) is 18.1. The van der Waals surface area contributed by atoms with Gasteiger partial charge >= 0.3 is 0 Å². The van der Waals surface area contributed by atoms with Crippen molar-refractivity contribution in [3.05, 3.63) is 43.0 Å². The zero-order chi connectivity index (χ0) is 16.9. The fourth-order valence-electron chi connectivity index (χ4n) is 2.30. The molecule has 1 N–H and O–H groups in total. The maximum atomic E-state index is 12.3. The van der Waals surface area contributed by atoms with Gasteiger partial charge in [0.25, 0.3) is 0 Å². The van der Waals surface area contributed by atoms with Crippen LogP contribution in [0.3, 0.4) is 0 Å². The highest BCUT2D eigenvalue weighted by molar-refractivity contribution is 5.91. The molecule has 124 valence electrons. The van der Waals surface area contributed by atoms with Gasteiger partial charge in [0.15, 0.2) is 0 Å². The van der Waals surface area contributed by atoms with Crippen molar-refractivity contribution in [1.29, 1.82) is 0 Å². The van der Waals surface area contributed by atoms with Gasteiger partial charge in [-0.15, -0.1) is 5.10 Å². The monoisotopic (exact) mass is 327 g/mol. The molecule has 2 heterocycles. The van der Waals surface area contributed by atoms with Gasteiger partial charge in [0.1, 0.15) is 12.1 Å². The number of ether oxygens (including phenoxy) is 1. The molecule has 3 rings (SSSR count). The fraction of sp³-hybridized carbons (Fsp3) is 0.267. The number of carbonyl (C=O) groups excluding carboxylic acids is 1. The van der Waals surface area contributed by atoms with E-state index in [1.807, 2.05) is 19.2 Å². The van der Waals surface area contributed by atoms with E-state index in [0.717, 1.165) is 0 Å². The summed E-state index contributed by atoms with van der Waals surface area (Å²) in [6, 6.07) is 7.08. The molecular formula is C15H17N7O2. The minimum absolute atomic E-state index is 0.0374. The molecule has 0 fully saturated rings. The maximum Gasteiger partial charge on any atom is 0.226 e. The zero-order valence-corrected chi connectivity index (χ0v) is 13.3. The van der Waals surface area contributed by atoms with Crippen LogP contribution in [0.5, 0.6) is 5.75 Å². The van der Waals surface area contributed by atoms with Crippen LogP contribution in [-0.4, -0.2) is 43.0 Å². The van der Waals surface area contributed by atoms with Crippen molar-refractivity contribution in [1.82, 2.24) is 30.0 Å². The smallest absolute Gasteiger partial charge is 0.226 e. The number of hydrogen-bond donors (Lipinski definition) is 1. The summed E-state index contributed by atoms with van der Waals surface area (Å²) in [7, 11) is 1.56. The molecule has 24 heavy (non-hydrogen) atoms. The van der Waals surface area contributed by atoms with Gasteiger partial charge in [0.05, 0.1) is 18.8 Å². The molecule has 1 unspecified atom stereocenters. The molecule has 2 aromatic heterocycles. The summed E-state index contributed by atoms with van der Waals surface area (Å²) in [4.78, 5) is 12.3. The highest BCUT2D eigenvalue weighted by atomic mass is 16.5. The van der Waals surface area contributed by atoms with Gasteiger partial charge in [-0.2, -0.15) is 5.10 Å². The average Bonchev–Trinajstić information content (AvgIpc) is 3.27. The number of nitrogens with zero attached hydrogens (tertiary/aromatic N) is 6. The van der Waals surface area contributed by atoms with E-state index >= 15 is 0 Å². The number of amides is 1. The molecule has 0 aliphatic carbocycles. The molecule has 9 nitrogen and oxygen atoms in total. The molecule has 1 atom stereocenters. The molecular weight excluding hydrogens is 310 g/mol. The highest BCUT2D eigenvalue weighted by Gasteiger charge is 2.12. The Kier molecular flexibility index (Phi) is 4.50. The van der Waals surface area contributed by atoms with E-state index in [2.05, 4.69) is 25.9 Å².